The van der Waals surface area contributed by atoms with Gasteiger partial charge in [0.05, 0.1) is 25.2 Å². The second-order valence-electron chi connectivity index (χ2n) is 9.75. The van der Waals surface area contributed by atoms with Crippen LogP contribution in [0.1, 0.15) is 32.3 Å². The number of imidazole rings is 1. The minimum Gasteiger partial charge on any atom is -0.492 e. The first kappa shape index (κ1) is 27.6. The number of nitrogens with one attached hydrogen (secondary N) is 2. The van der Waals surface area contributed by atoms with Gasteiger partial charge < -0.3 is 29.5 Å². The molecule has 0 amide bonds. The Morgan fingerprint density at radius 3 is 2.42 bits per heavy atom. The number of hydrogen-bond donors (Lipinski definition) is 3. The van der Waals surface area contributed by atoms with Crippen LogP contribution in [0.5, 0.6) is 11.5 Å². The van der Waals surface area contributed by atoms with E-state index < -0.39 is 10.0 Å². The van der Waals surface area contributed by atoms with E-state index in [9.17, 15) is 8.42 Å². The van der Waals surface area contributed by atoms with E-state index in [1.165, 1.54) is 12.5 Å². The Bertz CT molecular complexity index is 1550. The summed E-state index contributed by atoms with van der Waals surface area (Å²) in [5.41, 5.74) is 9.36. The number of oxazole rings is 1. The van der Waals surface area contributed by atoms with Gasteiger partial charge in [0.2, 0.25) is 0 Å². The van der Waals surface area contributed by atoms with Crippen LogP contribution in [0.4, 0.5) is 17.4 Å². The summed E-state index contributed by atoms with van der Waals surface area (Å²) >= 11 is 0. The maximum atomic E-state index is 12.6. The van der Waals surface area contributed by atoms with Gasteiger partial charge in [-0.2, -0.15) is 13.4 Å². The number of benzene rings is 2. The Hall–Kier alpha value is -3.97. The molecule has 1 aliphatic rings. The van der Waals surface area contributed by atoms with Gasteiger partial charge in [-0.25, -0.2) is 4.98 Å². The van der Waals surface area contributed by atoms with E-state index in [2.05, 4.69) is 24.9 Å². The Labute approximate surface area is 233 Å². The monoisotopic (exact) mass is 569 g/mol. The molecule has 214 valence electrons. The molecule has 0 saturated carbocycles. The lowest BCUT2D eigenvalue weighted by Crippen LogP contribution is -2.38. The van der Waals surface area contributed by atoms with E-state index in [4.69, 9.17) is 19.6 Å². The molecule has 3 heterocycles. The van der Waals surface area contributed by atoms with Gasteiger partial charge in [0, 0.05) is 38.9 Å². The van der Waals surface area contributed by atoms with Crippen molar-refractivity contribution in [3.05, 3.63) is 48.4 Å². The number of sulfonamides is 1. The SMILES string of the molecule is CCOc1cc(CN2CCC(Nc3nc4cc(NS(=O)(=O)c5cn(C)cn5)ccc4o3)CC2)cc(OCC)c1N. The zero-order chi connectivity index (χ0) is 28.3. The van der Waals surface area contributed by atoms with Crippen LogP contribution in [0.15, 0.2) is 52.3 Å². The second-order valence-corrected chi connectivity index (χ2v) is 11.4. The first-order chi connectivity index (χ1) is 19.2. The van der Waals surface area contributed by atoms with Crippen LogP contribution < -0.4 is 25.2 Å². The van der Waals surface area contributed by atoms with Crippen LogP contribution in [0.2, 0.25) is 0 Å². The highest BCUT2D eigenvalue weighted by Crippen LogP contribution is 2.34. The molecule has 1 fully saturated rings. The molecule has 12 nitrogen and oxygen atoms in total. The number of nitrogens with two attached hydrogens (primary N) is 1. The fourth-order valence-electron chi connectivity index (χ4n) is 4.75. The van der Waals surface area contributed by atoms with E-state index in [-0.39, 0.29) is 11.1 Å². The van der Waals surface area contributed by atoms with Crippen molar-refractivity contribution >= 4 is 38.5 Å². The smallest absolute Gasteiger partial charge is 0.295 e. The van der Waals surface area contributed by atoms with Crippen molar-refractivity contribution in [3.63, 3.8) is 0 Å². The topological polar surface area (TPSA) is 150 Å². The van der Waals surface area contributed by atoms with Crippen molar-refractivity contribution in [2.75, 3.05) is 42.1 Å². The Kier molecular flexibility index (Phi) is 8.03. The highest BCUT2D eigenvalue weighted by atomic mass is 32.2. The van der Waals surface area contributed by atoms with Crippen molar-refractivity contribution in [3.8, 4) is 11.5 Å². The van der Waals surface area contributed by atoms with Gasteiger partial charge in [0.15, 0.2) is 10.6 Å². The van der Waals surface area contributed by atoms with Crippen LogP contribution >= 0.6 is 0 Å². The molecule has 1 aliphatic heterocycles. The maximum Gasteiger partial charge on any atom is 0.295 e. The van der Waals surface area contributed by atoms with Gasteiger partial charge in [-0.1, -0.05) is 0 Å². The summed E-state index contributed by atoms with van der Waals surface area (Å²) in [4.78, 5) is 10.8. The minimum atomic E-state index is -3.80. The van der Waals surface area contributed by atoms with Crippen LogP contribution in [0.3, 0.4) is 0 Å². The Balaban J connectivity index is 1.19. The molecule has 2 aromatic carbocycles. The van der Waals surface area contributed by atoms with E-state index in [1.54, 1.807) is 29.8 Å². The number of ether oxygens (including phenoxy) is 2. The number of anilines is 3. The van der Waals surface area contributed by atoms with Gasteiger partial charge in [-0.3, -0.25) is 9.62 Å². The number of hydrogen-bond acceptors (Lipinski definition) is 10. The third kappa shape index (κ3) is 6.26. The number of aromatic nitrogens is 3. The fraction of sp³-hybridized carbons (Fsp3) is 0.407. The Morgan fingerprint density at radius 2 is 1.80 bits per heavy atom. The zero-order valence-corrected chi connectivity index (χ0v) is 23.7. The second kappa shape index (κ2) is 11.6. The predicted octanol–water partition coefficient (Wildman–Crippen LogP) is 3.82. The molecule has 0 spiro atoms. The molecule has 0 radical (unpaired) electrons. The van der Waals surface area contributed by atoms with Gasteiger partial charge >= 0.3 is 0 Å². The summed E-state index contributed by atoms with van der Waals surface area (Å²) in [6, 6.07) is 9.60. The molecule has 0 aliphatic carbocycles. The number of likely N-dealkylation sites (tertiary alicyclic amines) is 1. The van der Waals surface area contributed by atoms with E-state index in [1.807, 2.05) is 26.0 Å². The lowest BCUT2D eigenvalue weighted by Gasteiger charge is -2.32. The third-order valence-electron chi connectivity index (χ3n) is 6.68. The van der Waals surface area contributed by atoms with Gasteiger partial charge in [0.1, 0.15) is 22.7 Å². The molecule has 4 aromatic rings. The molecule has 0 unspecified atom stereocenters. The third-order valence-corrected chi connectivity index (χ3v) is 7.95. The van der Waals surface area contributed by atoms with Crippen molar-refractivity contribution in [2.45, 2.75) is 44.3 Å². The molecule has 0 atom stereocenters. The summed E-state index contributed by atoms with van der Waals surface area (Å²) in [6.45, 7) is 7.51. The lowest BCUT2D eigenvalue weighted by molar-refractivity contribution is 0.209. The first-order valence-electron chi connectivity index (χ1n) is 13.3. The Morgan fingerprint density at radius 1 is 1.10 bits per heavy atom. The standard InChI is InChI=1S/C27H35N7O5S/c1-4-37-23-12-18(13-24(26(23)28)38-5-2)15-34-10-8-19(9-11-34)30-27-31-21-14-20(6-7-22(21)39-27)32-40(35,36)25-16-33(3)17-29-25/h6-7,12-14,16-17,19,32H,4-5,8-11,15,28H2,1-3H3,(H,30,31). The minimum absolute atomic E-state index is 0.0511. The number of aryl methyl sites for hydroxylation is 1. The normalized spacial score (nSPS) is 14.9. The first-order valence-corrected chi connectivity index (χ1v) is 14.8. The van der Waals surface area contributed by atoms with Crippen LogP contribution in [0.25, 0.3) is 11.1 Å². The van der Waals surface area contributed by atoms with Crippen molar-refractivity contribution in [2.24, 2.45) is 7.05 Å². The summed E-state index contributed by atoms with van der Waals surface area (Å²) < 4.78 is 46.7. The van der Waals surface area contributed by atoms with E-state index >= 15 is 0 Å². The zero-order valence-electron chi connectivity index (χ0n) is 22.9. The molecule has 0 bridgehead atoms. The molecule has 5 rings (SSSR count). The van der Waals surface area contributed by atoms with Crippen molar-refractivity contribution in [1.29, 1.82) is 0 Å². The largest absolute Gasteiger partial charge is 0.492 e. The van der Waals surface area contributed by atoms with Gasteiger partial charge in [-0.15, -0.1) is 0 Å². The van der Waals surface area contributed by atoms with E-state index in [0.717, 1.165) is 38.0 Å². The lowest BCUT2D eigenvalue weighted by atomic mass is 10.0. The number of nitrogens with zero attached hydrogens (tertiary/aromatic N) is 4. The van der Waals surface area contributed by atoms with Crippen molar-refractivity contribution < 1.29 is 22.3 Å². The highest BCUT2D eigenvalue weighted by Gasteiger charge is 2.22. The summed E-state index contributed by atoms with van der Waals surface area (Å²) in [5.74, 6) is 1.31. The number of nitrogen functional groups attached to an aromatic ring is 1. The van der Waals surface area contributed by atoms with E-state index in [0.29, 0.717) is 53.2 Å². The number of rotatable bonds is 11. The average Bonchev–Trinajstić information content (AvgIpc) is 3.54. The van der Waals surface area contributed by atoms with Gasteiger partial charge in [-0.05, 0) is 62.6 Å². The van der Waals surface area contributed by atoms with Gasteiger partial charge in [0.25, 0.3) is 16.0 Å². The fourth-order valence-corrected chi connectivity index (χ4v) is 5.79. The van der Waals surface area contributed by atoms with Crippen molar-refractivity contribution in [1.82, 2.24) is 19.4 Å². The quantitative estimate of drug-likeness (QED) is 0.228. The van der Waals surface area contributed by atoms with Crippen LogP contribution in [-0.4, -0.2) is 60.2 Å². The maximum absolute atomic E-state index is 12.6. The molecule has 2 aromatic heterocycles. The molecule has 1 saturated heterocycles. The predicted molar refractivity (Wildman–Crippen MR) is 153 cm³/mol. The average molecular weight is 570 g/mol. The number of piperidine rings is 1. The molecule has 4 N–H and O–H groups in total. The molecular formula is C27H35N7O5S. The molecule has 40 heavy (non-hydrogen) atoms. The highest BCUT2D eigenvalue weighted by molar-refractivity contribution is 7.92. The molecule has 13 heteroatoms. The van der Waals surface area contributed by atoms with Crippen LogP contribution in [0, 0.1) is 0 Å². The molecular weight excluding hydrogens is 534 g/mol. The summed E-state index contributed by atoms with van der Waals surface area (Å²) in [7, 11) is -2.09. The number of fused-ring (bicyclic) bond motifs is 1. The van der Waals surface area contributed by atoms with Crippen LogP contribution in [-0.2, 0) is 23.6 Å². The summed E-state index contributed by atoms with van der Waals surface area (Å²) in [6.07, 6.45) is 4.71. The summed E-state index contributed by atoms with van der Waals surface area (Å²) in [5, 5.41) is 3.35.